The molecule has 0 heterocycles. The van der Waals surface area contributed by atoms with E-state index in [1.807, 2.05) is 0 Å². The molecule has 1 aromatic rings. The molecule has 1 aliphatic carbocycles. The molecule has 0 bridgehead atoms. The number of hydrogen-bond donors (Lipinski definition) is 2. The highest BCUT2D eigenvalue weighted by Crippen LogP contribution is 2.28. The Morgan fingerprint density at radius 1 is 1.38 bits per heavy atom. The van der Waals surface area contributed by atoms with E-state index in [0.29, 0.717) is 31.1 Å². The van der Waals surface area contributed by atoms with Gasteiger partial charge in [0.15, 0.2) is 0 Å². The molecule has 0 unspecified atom stereocenters. The highest BCUT2D eigenvalue weighted by atomic mass is 35.5. The highest BCUT2D eigenvalue weighted by Gasteiger charge is 2.21. The molecular weight excluding hydrogens is 314 g/mol. The zero-order valence-electron chi connectivity index (χ0n) is 11.7. The van der Waals surface area contributed by atoms with Crippen LogP contribution in [0.15, 0.2) is 23.1 Å². The van der Waals surface area contributed by atoms with Crippen LogP contribution >= 0.6 is 11.6 Å². The Labute approximate surface area is 130 Å². The molecule has 21 heavy (non-hydrogen) atoms. The van der Waals surface area contributed by atoms with Crippen molar-refractivity contribution in [2.75, 3.05) is 19.8 Å². The molecule has 2 rings (SSSR count). The van der Waals surface area contributed by atoms with Gasteiger partial charge in [0.2, 0.25) is 10.0 Å². The average Bonchev–Trinajstić information content (AvgIpc) is 3.26. The molecule has 118 valence electrons. The molecule has 0 radical (unpaired) electrons. The number of aliphatic hydroxyl groups is 1. The average molecular weight is 334 g/mol. The first-order chi connectivity index (χ1) is 10.0. The smallest absolute Gasteiger partial charge is 0.240 e. The van der Waals surface area contributed by atoms with Gasteiger partial charge in [0.05, 0.1) is 11.5 Å². The van der Waals surface area contributed by atoms with Crippen LogP contribution in [0.3, 0.4) is 0 Å². The Hall–Kier alpha value is -0.660. The maximum absolute atomic E-state index is 12.1. The lowest BCUT2D eigenvalue weighted by molar-refractivity contribution is 0.123. The SMILES string of the molecule is O=S(=O)(NCCCOCC1CC1)c1ccc(CO)c(Cl)c1. The molecule has 0 amide bonds. The van der Waals surface area contributed by atoms with Crippen LogP contribution < -0.4 is 4.72 Å². The fraction of sp³-hybridized carbons (Fsp3) is 0.571. The first-order valence-electron chi connectivity index (χ1n) is 6.99. The van der Waals surface area contributed by atoms with E-state index >= 15 is 0 Å². The summed E-state index contributed by atoms with van der Waals surface area (Å²) in [5, 5.41) is 9.26. The monoisotopic (exact) mass is 333 g/mol. The van der Waals surface area contributed by atoms with Gasteiger partial charge in [-0.1, -0.05) is 17.7 Å². The Kier molecular flexibility index (Phi) is 6.01. The standard InChI is InChI=1S/C14H20ClNO4S/c15-14-8-13(5-4-12(14)9-17)21(18,19)16-6-1-7-20-10-11-2-3-11/h4-5,8,11,16-17H,1-3,6-7,9-10H2. The van der Waals surface area contributed by atoms with Crippen molar-refractivity contribution in [2.24, 2.45) is 5.92 Å². The number of hydrogen-bond acceptors (Lipinski definition) is 4. The third-order valence-corrected chi connectivity index (χ3v) is 5.12. The zero-order chi connectivity index (χ0) is 15.3. The summed E-state index contributed by atoms with van der Waals surface area (Å²) in [4.78, 5) is 0.101. The van der Waals surface area contributed by atoms with Crippen LogP contribution in [-0.4, -0.2) is 33.3 Å². The molecule has 1 fully saturated rings. The fourth-order valence-corrected chi connectivity index (χ4v) is 3.23. The van der Waals surface area contributed by atoms with Crippen molar-refractivity contribution < 1.29 is 18.3 Å². The van der Waals surface area contributed by atoms with Crippen LogP contribution in [0.25, 0.3) is 0 Å². The molecule has 1 aliphatic rings. The van der Waals surface area contributed by atoms with Gasteiger partial charge in [-0.05, 0) is 42.9 Å². The van der Waals surface area contributed by atoms with Crippen LogP contribution in [-0.2, 0) is 21.4 Å². The normalized spacial score (nSPS) is 15.3. The van der Waals surface area contributed by atoms with E-state index in [1.165, 1.54) is 31.0 Å². The van der Waals surface area contributed by atoms with Gasteiger partial charge in [-0.2, -0.15) is 0 Å². The van der Waals surface area contributed by atoms with Gasteiger partial charge < -0.3 is 9.84 Å². The topological polar surface area (TPSA) is 75.6 Å². The van der Waals surface area contributed by atoms with E-state index in [9.17, 15) is 8.42 Å². The van der Waals surface area contributed by atoms with Gasteiger partial charge in [0.1, 0.15) is 0 Å². The minimum Gasteiger partial charge on any atom is -0.392 e. The maximum atomic E-state index is 12.1. The minimum atomic E-state index is -3.57. The second-order valence-corrected chi connectivity index (χ2v) is 7.36. The highest BCUT2D eigenvalue weighted by molar-refractivity contribution is 7.89. The summed E-state index contributed by atoms with van der Waals surface area (Å²) in [6.45, 7) is 1.45. The summed E-state index contributed by atoms with van der Waals surface area (Å²) in [5.74, 6) is 0.717. The number of aliphatic hydroxyl groups excluding tert-OH is 1. The predicted molar refractivity (Wildman–Crippen MR) is 80.7 cm³/mol. The Morgan fingerprint density at radius 3 is 2.76 bits per heavy atom. The van der Waals surface area contributed by atoms with E-state index in [4.69, 9.17) is 21.4 Å². The molecule has 0 atom stereocenters. The van der Waals surface area contributed by atoms with Crippen molar-refractivity contribution in [2.45, 2.75) is 30.8 Å². The van der Waals surface area contributed by atoms with Crippen molar-refractivity contribution in [3.63, 3.8) is 0 Å². The Morgan fingerprint density at radius 2 is 2.14 bits per heavy atom. The van der Waals surface area contributed by atoms with Crippen molar-refractivity contribution in [1.29, 1.82) is 0 Å². The molecule has 5 nitrogen and oxygen atoms in total. The molecule has 0 aromatic heterocycles. The summed E-state index contributed by atoms with van der Waals surface area (Å²) < 4.78 is 32.1. The first-order valence-corrected chi connectivity index (χ1v) is 8.86. The lowest BCUT2D eigenvalue weighted by atomic mass is 10.2. The molecule has 1 aromatic carbocycles. The molecule has 0 spiro atoms. The van der Waals surface area contributed by atoms with Gasteiger partial charge in [-0.15, -0.1) is 0 Å². The van der Waals surface area contributed by atoms with Gasteiger partial charge in [0.25, 0.3) is 0 Å². The van der Waals surface area contributed by atoms with Crippen LogP contribution in [0.1, 0.15) is 24.8 Å². The minimum absolute atomic E-state index is 0.101. The summed E-state index contributed by atoms with van der Waals surface area (Å²) in [6, 6.07) is 4.29. The molecular formula is C14H20ClNO4S. The molecule has 0 saturated heterocycles. The van der Waals surface area contributed by atoms with Crippen molar-refractivity contribution >= 4 is 21.6 Å². The number of ether oxygens (including phenoxy) is 1. The lowest BCUT2D eigenvalue weighted by Crippen LogP contribution is -2.25. The molecule has 7 heteroatoms. The van der Waals surface area contributed by atoms with Crippen molar-refractivity contribution in [1.82, 2.24) is 4.72 Å². The molecule has 2 N–H and O–H groups in total. The van der Waals surface area contributed by atoms with Crippen molar-refractivity contribution in [3.8, 4) is 0 Å². The fourth-order valence-electron chi connectivity index (χ4n) is 1.82. The van der Waals surface area contributed by atoms with Gasteiger partial charge in [0, 0.05) is 24.8 Å². The molecule has 0 aliphatic heterocycles. The van der Waals surface area contributed by atoms with E-state index < -0.39 is 10.0 Å². The van der Waals surface area contributed by atoms with Crippen molar-refractivity contribution in [3.05, 3.63) is 28.8 Å². The summed E-state index contributed by atoms with van der Waals surface area (Å²) >= 11 is 5.90. The Bertz CT molecular complexity index is 572. The second kappa shape index (κ2) is 7.56. The number of sulfonamides is 1. The zero-order valence-corrected chi connectivity index (χ0v) is 13.3. The van der Waals surface area contributed by atoms with Gasteiger partial charge >= 0.3 is 0 Å². The quantitative estimate of drug-likeness (QED) is 0.677. The summed E-state index contributed by atoms with van der Waals surface area (Å²) in [7, 11) is -3.57. The van der Waals surface area contributed by atoms with Gasteiger partial charge in [-0.3, -0.25) is 0 Å². The number of halogens is 1. The largest absolute Gasteiger partial charge is 0.392 e. The van der Waals surface area contributed by atoms with E-state index in [0.717, 1.165) is 6.61 Å². The van der Waals surface area contributed by atoms with E-state index in [-0.39, 0.29) is 16.5 Å². The third-order valence-electron chi connectivity index (χ3n) is 3.31. The summed E-state index contributed by atoms with van der Waals surface area (Å²) in [6.07, 6.45) is 3.13. The maximum Gasteiger partial charge on any atom is 0.240 e. The van der Waals surface area contributed by atoms with Crippen LogP contribution in [0.5, 0.6) is 0 Å². The van der Waals surface area contributed by atoms with E-state index in [1.54, 1.807) is 0 Å². The number of benzene rings is 1. The summed E-state index contributed by atoms with van der Waals surface area (Å²) in [5.41, 5.74) is 0.504. The Balaban J connectivity index is 1.78. The predicted octanol–water partition coefficient (Wildman–Crippen LogP) is 1.93. The van der Waals surface area contributed by atoms with Gasteiger partial charge in [-0.25, -0.2) is 13.1 Å². The van der Waals surface area contributed by atoms with Crippen LogP contribution in [0.4, 0.5) is 0 Å². The second-order valence-electron chi connectivity index (χ2n) is 5.18. The third kappa shape index (κ3) is 5.23. The number of nitrogens with one attached hydrogen (secondary N) is 1. The first kappa shape index (κ1) is 16.7. The van der Waals surface area contributed by atoms with Crippen LogP contribution in [0, 0.1) is 5.92 Å². The number of rotatable bonds is 9. The van der Waals surface area contributed by atoms with Crippen LogP contribution in [0.2, 0.25) is 5.02 Å². The molecule has 1 saturated carbocycles. The lowest BCUT2D eigenvalue weighted by Gasteiger charge is -2.09. The van der Waals surface area contributed by atoms with E-state index in [2.05, 4.69) is 4.72 Å².